The van der Waals surface area contributed by atoms with E-state index >= 15 is 0 Å². The van der Waals surface area contributed by atoms with Gasteiger partial charge in [0.25, 0.3) is 0 Å². The fourth-order valence-corrected chi connectivity index (χ4v) is 1.52. The lowest BCUT2D eigenvalue weighted by atomic mass is 10.2. The molecule has 4 heteroatoms. The second kappa shape index (κ2) is 3.87. The number of likely N-dealkylation sites (N-methyl/N-ethyl adjacent to an activating group) is 2. The summed E-state index contributed by atoms with van der Waals surface area (Å²) in [5.41, 5.74) is 5.27. The lowest BCUT2D eigenvalue weighted by Gasteiger charge is -2.37. The number of primary amides is 1. The van der Waals surface area contributed by atoms with Crippen molar-refractivity contribution in [2.45, 2.75) is 13.0 Å². The van der Waals surface area contributed by atoms with Crippen LogP contribution in [0.1, 0.15) is 6.92 Å². The third kappa shape index (κ3) is 1.95. The van der Waals surface area contributed by atoms with Crippen molar-refractivity contribution in [2.75, 3.05) is 33.2 Å². The molecule has 70 valence electrons. The van der Waals surface area contributed by atoms with Gasteiger partial charge >= 0.3 is 0 Å². The highest BCUT2D eigenvalue weighted by molar-refractivity contribution is 5.80. The van der Waals surface area contributed by atoms with Crippen LogP contribution < -0.4 is 5.73 Å². The first kappa shape index (κ1) is 9.48. The van der Waals surface area contributed by atoms with Crippen LogP contribution in [0.3, 0.4) is 0 Å². The van der Waals surface area contributed by atoms with E-state index in [0.717, 1.165) is 26.2 Å². The lowest BCUT2D eigenvalue weighted by Crippen LogP contribution is -2.56. The summed E-state index contributed by atoms with van der Waals surface area (Å²) in [6.07, 6.45) is 0. The molecule has 4 nitrogen and oxygen atoms in total. The molecule has 0 bridgehead atoms. The minimum Gasteiger partial charge on any atom is -0.368 e. The van der Waals surface area contributed by atoms with Crippen LogP contribution in [0.2, 0.25) is 0 Å². The number of hydrogen-bond donors (Lipinski definition) is 1. The zero-order chi connectivity index (χ0) is 9.14. The van der Waals surface area contributed by atoms with Crippen molar-refractivity contribution in [3.63, 3.8) is 0 Å². The van der Waals surface area contributed by atoms with Gasteiger partial charge in [0.15, 0.2) is 0 Å². The predicted molar refractivity (Wildman–Crippen MR) is 47.7 cm³/mol. The van der Waals surface area contributed by atoms with Gasteiger partial charge in [-0.3, -0.25) is 9.69 Å². The van der Waals surface area contributed by atoms with Crippen molar-refractivity contribution < 1.29 is 4.79 Å². The van der Waals surface area contributed by atoms with Gasteiger partial charge in [0.1, 0.15) is 6.04 Å². The zero-order valence-electron chi connectivity index (χ0n) is 7.79. The van der Waals surface area contributed by atoms with Gasteiger partial charge in [0.05, 0.1) is 0 Å². The number of carbonyl (C=O) groups is 1. The number of nitrogens with two attached hydrogens (primary N) is 1. The van der Waals surface area contributed by atoms with Gasteiger partial charge in [-0.05, 0) is 13.6 Å². The van der Waals surface area contributed by atoms with Crippen LogP contribution in [0.25, 0.3) is 0 Å². The van der Waals surface area contributed by atoms with Crippen molar-refractivity contribution in [3.05, 3.63) is 0 Å². The van der Waals surface area contributed by atoms with Crippen LogP contribution >= 0.6 is 0 Å². The monoisotopic (exact) mass is 171 g/mol. The number of hydrogen-bond acceptors (Lipinski definition) is 3. The molecule has 1 heterocycles. The van der Waals surface area contributed by atoms with Crippen molar-refractivity contribution in [1.29, 1.82) is 0 Å². The van der Waals surface area contributed by atoms with Crippen LogP contribution in [0, 0.1) is 0 Å². The largest absolute Gasteiger partial charge is 0.368 e. The average molecular weight is 171 g/mol. The van der Waals surface area contributed by atoms with Crippen LogP contribution in [0.15, 0.2) is 0 Å². The molecular formula is C8H17N3O. The molecule has 0 aromatic heterocycles. The maximum atomic E-state index is 11.0. The van der Waals surface area contributed by atoms with E-state index in [1.54, 1.807) is 0 Å². The minimum absolute atomic E-state index is 0.0984. The molecule has 0 aliphatic carbocycles. The molecule has 1 amide bonds. The Kier molecular flexibility index (Phi) is 3.05. The normalized spacial score (nSPS) is 27.3. The molecule has 0 saturated carbocycles. The van der Waals surface area contributed by atoms with Gasteiger partial charge in [-0.1, -0.05) is 6.92 Å². The number of piperazine rings is 1. The molecule has 2 N–H and O–H groups in total. The molecule has 1 aliphatic heterocycles. The van der Waals surface area contributed by atoms with E-state index in [2.05, 4.69) is 11.8 Å². The first-order valence-corrected chi connectivity index (χ1v) is 4.37. The van der Waals surface area contributed by atoms with E-state index in [9.17, 15) is 4.79 Å². The molecule has 1 rings (SSSR count). The van der Waals surface area contributed by atoms with E-state index in [0.29, 0.717) is 0 Å². The summed E-state index contributed by atoms with van der Waals surface area (Å²) in [6, 6.07) is -0.0984. The van der Waals surface area contributed by atoms with Crippen molar-refractivity contribution in [1.82, 2.24) is 9.80 Å². The number of rotatable bonds is 2. The Balaban J connectivity index is 2.53. The fraction of sp³-hybridized carbons (Fsp3) is 0.875. The van der Waals surface area contributed by atoms with E-state index < -0.39 is 0 Å². The second-order valence-corrected chi connectivity index (χ2v) is 3.29. The summed E-state index contributed by atoms with van der Waals surface area (Å²) < 4.78 is 0. The molecule has 1 atom stereocenters. The smallest absolute Gasteiger partial charge is 0.236 e. The Labute approximate surface area is 73.3 Å². The van der Waals surface area contributed by atoms with E-state index in [4.69, 9.17) is 5.73 Å². The Morgan fingerprint density at radius 1 is 1.58 bits per heavy atom. The van der Waals surface area contributed by atoms with Gasteiger partial charge in [-0.15, -0.1) is 0 Å². The Morgan fingerprint density at radius 3 is 2.75 bits per heavy atom. The summed E-state index contributed by atoms with van der Waals surface area (Å²) in [6.45, 7) is 5.85. The highest BCUT2D eigenvalue weighted by Crippen LogP contribution is 2.06. The van der Waals surface area contributed by atoms with Gasteiger partial charge in [-0.2, -0.15) is 0 Å². The van der Waals surface area contributed by atoms with Crippen LogP contribution in [-0.4, -0.2) is 55.0 Å². The molecule has 0 aromatic rings. The summed E-state index contributed by atoms with van der Waals surface area (Å²) >= 11 is 0. The Hall–Kier alpha value is -0.610. The van der Waals surface area contributed by atoms with Crippen LogP contribution in [0.5, 0.6) is 0 Å². The van der Waals surface area contributed by atoms with E-state index in [1.165, 1.54) is 0 Å². The summed E-state index contributed by atoms with van der Waals surface area (Å²) in [4.78, 5) is 15.2. The average Bonchev–Trinajstić information content (AvgIpc) is 2.05. The third-order valence-electron chi connectivity index (χ3n) is 2.51. The topological polar surface area (TPSA) is 49.6 Å². The number of amides is 1. The molecule has 12 heavy (non-hydrogen) atoms. The molecule has 1 fully saturated rings. The fourth-order valence-electron chi connectivity index (χ4n) is 1.52. The number of nitrogens with zero attached hydrogens (tertiary/aromatic N) is 2. The first-order chi connectivity index (χ1) is 5.65. The molecule has 0 spiro atoms. The van der Waals surface area contributed by atoms with Gasteiger partial charge in [-0.25, -0.2) is 0 Å². The van der Waals surface area contributed by atoms with Crippen molar-refractivity contribution in [2.24, 2.45) is 5.73 Å². The molecule has 0 radical (unpaired) electrons. The Bertz CT molecular complexity index is 172. The van der Waals surface area contributed by atoms with Gasteiger partial charge in [0, 0.05) is 19.6 Å². The van der Waals surface area contributed by atoms with Crippen LogP contribution in [-0.2, 0) is 4.79 Å². The molecule has 1 unspecified atom stereocenters. The highest BCUT2D eigenvalue weighted by Gasteiger charge is 2.27. The van der Waals surface area contributed by atoms with E-state index in [1.807, 2.05) is 11.9 Å². The highest BCUT2D eigenvalue weighted by atomic mass is 16.1. The van der Waals surface area contributed by atoms with Crippen molar-refractivity contribution >= 4 is 5.91 Å². The Morgan fingerprint density at radius 2 is 2.25 bits per heavy atom. The molecule has 1 aliphatic rings. The molecule has 0 aromatic carbocycles. The molecule has 1 saturated heterocycles. The maximum absolute atomic E-state index is 11.0. The maximum Gasteiger partial charge on any atom is 0.236 e. The number of carbonyl (C=O) groups excluding carboxylic acids is 1. The van der Waals surface area contributed by atoms with Crippen LogP contribution in [0.4, 0.5) is 0 Å². The minimum atomic E-state index is -0.212. The standard InChI is InChI=1S/C8H17N3O/c1-3-11-5-4-10(2)7(6-11)8(9)12/h7H,3-6H2,1-2H3,(H2,9,12). The SMILES string of the molecule is CCN1CCN(C)C(C(N)=O)C1. The summed E-state index contributed by atoms with van der Waals surface area (Å²) in [5.74, 6) is -0.212. The quantitative estimate of drug-likeness (QED) is 0.586. The first-order valence-electron chi connectivity index (χ1n) is 4.37. The third-order valence-corrected chi connectivity index (χ3v) is 2.51. The molecular weight excluding hydrogens is 154 g/mol. The van der Waals surface area contributed by atoms with Gasteiger partial charge in [0.2, 0.25) is 5.91 Å². The lowest BCUT2D eigenvalue weighted by molar-refractivity contribution is -0.124. The second-order valence-electron chi connectivity index (χ2n) is 3.29. The zero-order valence-corrected chi connectivity index (χ0v) is 7.79. The summed E-state index contributed by atoms with van der Waals surface area (Å²) in [7, 11) is 1.95. The van der Waals surface area contributed by atoms with Crippen molar-refractivity contribution in [3.8, 4) is 0 Å². The summed E-state index contributed by atoms with van der Waals surface area (Å²) in [5, 5.41) is 0. The predicted octanol–water partition coefficient (Wildman–Crippen LogP) is -0.892. The van der Waals surface area contributed by atoms with E-state index in [-0.39, 0.29) is 11.9 Å². The van der Waals surface area contributed by atoms with Gasteiger partial charge < -0.3 is 10.6 Å².